The van der Waals surface area contributed by atoms with Crippen molar-refractivity contribution in [2.75, 3.05) is 12.5 Å². The van der Waals surface area contributed by atoms with Crippen molar-refractivity contribution in [3.05, 3.63) is 12.7 Å². The van der Waals surface area contributed by atoms with E-state index in [1.54, 1.807) is 17.8 Å². The Morgan fingerprint density at radius 2 is 2.43 bits per heavy atom. The third-order valence-electron chi connectivity index (χ3n) is 2.01. The average Bonchev–Trinajstić information content (AvgIpc) is 2.41. The molecule has 1 unspecified atom stereocenters. The molecule has 0 aliphatic carbocycles. The first kappa shape index (κ1) is 13.8. The van der Waals surface area contributed by atoms with E-state index in [-0.39, 0.29) is 35.8 Å². The average molecular weight is 238 g/mol. The van der Waals surface area contributed by atoms with Gasteiger partial charge >= 0.3 is 5.97 Å². The summed E-state index contributed by atoms with van der Waals surface area (Å²) >= 11 is 1.73. The molecule has 1 N–H and O–H groups in total. The largest absolute Gasteiger partial charge is 0.460 e. The summed E-state index contributed by atoms with van der Waals surface area (Å²) in [4.78, 5) is 11.5. The van der Waals surface area contributed by atoms with E-state index in [4.69, 9.17) is 4.74 Å². The Bertz CT molecular complexity index is 221. The maximum atomic E-state index is 11.5. The molecule has 0 spiro atoms. The lowest BCUT2D eigenvalue weighted by molar-refractivity contribution is -0.145. The Labute approximate surface area is 95.1 Å². The van der Waals surface area contributed by atoms with Crippen molar-refractivity contribution in [3.63, 3.8) is 0 Å². The van der Waals surface area contributed by atoms with E-state index in [1.165, 1.54) is 0 Å². The van der Waals surface area contributed by atoms with E-state index in [0.29, 0.717) is 0 Å². The van der Waals surface area contributed by atoms with Gasteiger partial charge in [-0.1, -0.05) is 12.7 Å². The van der Waals surface area contributed by atoms with Crippen LogP contribution in [0.4, 0.5) is 0 Å². The molecule has 0 radical (unpaired) electrons. The van der Waals surface area contributed by atoms with Crippen molar-refractivity contribution in [2.45, 2.75) is 24.6 Å². The zero-order valence-electron chi connectivity index (χ0n) is 8.41. The van der Waals surface area contributed by atoms with Gasteiger partial charge in [0, 0.05) is 10.6 Å². The lowest BCUT2D eigenvalue weighted by Crippen LogP contribution is -2.44. The van der Waals surface area contributed by atoms with Gasteiger partial charge < -0.3 is 4.74 Å². The number of ether oxygens (including phenoxy) is 1. The number of esters is 1. The molecule has 1 heterocycles. The van der Waals surface area contributed by atoms with Gasteiger partial charge in [0.25, 0.3) is 0 Å². The first-order valence-corrected chi connectivity index (χ1v) is 5.21. The van der Waals surface area contributed by atoms with Gasteiger partial charge in [0.05, 0.1) is 0 Å². The third-order valence-corrected chi connectivity index (χ3v) is 3.30. The monoisotopic (exact) mass is 237 g/mol. The zero-order chi connectivity index (χ0) is 9.90. The van der Waals surface area contributed by atoms with E-state index < -0.39 is 0 Å². The highest BCUT2D eigenvalue weighted by atomic mass is 35.5. The zero-order valence-corrected chi connectivity index (χ0v) is 10.0. The van der Waals surface area contributed by atoms with Crippen molar-refractivity contribution in [2.24, 2.45) is 0 Å². The van der Waals surface area contributed by atoms with E-state index in [9.17, 15) is 4.79 Å². The van der Waals surface area contributed by atoms with Gasteiger partial charge in [0.2, 0.25) is 0 Å². The van der Waals surface area contributed by atoms with Crippen LogP contribution < -0.4 is 5.32 Å². The standard InChI is InChI=1S/C9H15NO2S.ClH/c1-4-5-12-8(11)7-9(2,3)13-6-10-7;/h4,7,10H,1,5-6H2,2-3H3;1H. The van der Waals surface area contributed by atoms with Crippen molar-refractivity contribution >= 4 is 30.1 Å². The van der Waals surface area contributed by atoms with E-state index in [1.807, 2.05) is 13.8 Å². The Morgan fingerprint density at radius 3 is 2.86 bits per heavy atom. The number of carbonyl (C=O) groups is 1. The summed E-state index contributed by atoms with van der Waals surface area (Å²) in [5.74, 6) is 0.621. The van der Waals surface area contributed by atoms with Crippen LogP contribution in [0.25, 0.3) is 0 Å². The number of carbonyl (C=O) groups excluding carboxylic acids is 1. The second-order valence-corrected chi connectivity index (χ2v) is 5.08. The maximum Gasteiger partial charge on any atom is 0.324 e. The van der Waals surface area contributed by atoms with Crippen molar-refractivity contribution < 1.29 is 9.53 Å². The van der Waals surface area contributed by atoms with Crippen LogP contribution in [0.1, 0.15) is 13.8 Å². The highest BCUT2D eigenvalue weighted by molar-refractivity contribution is 8.00. The van der Waals surface area contributed by atoms with E-state index in [0.717, 1.165) is 5.88 Å². The molecule has 0 bridgehead atoms. The fourth-order valence-corrected chi connectivity index (χ4v) is 2.20. The SMILES string of the molecule is C=CCOC(=O)C1NCSC1(C)C.Cl. The molecule has 0 aromatic heterocycles. The summed E-state index contributed by atoms with van der Waals surface area (Å²) < 4.78 is 4.91. The molecule has 1 saturated heterocycles. The Hall–Kier alpha value is -0.190. The van der Waals surface area contributed by atoms with Crippen LogP contribution in [0.2, 0.25) is 0 Å². The van der Waals surface area contributed by atoms with Crippen LogP contribution in [0.3, 0.4) is 0 Å². The van der Waals surface area contributed by atoms with Crippen LogP contribution in [0, 0.1) is 0 Å². The molecule has 1 atom stereocenters. The highest BCUT2D eigenvalue weighted by Gasteiger charge is 2.40. The first-order chi connectivity index (χ1) is 6.08. The minimum Gasteiger partial charge on any atom is -0.460 e. The van der Waals surface area contributed by atoms with Gasteiger partial charge in [0.15, 0.2) is 0 Å². The Balaban J connectivity index is 0.00000169. The quantitative estimate of drug-likeness (QED) is 0.598. The van der Waals surface area contributed by atoms with Crippen molar-refractivity contribution in [1.82, 2.24) is 5.32 Å². The Kier molecular flexibility index (Phi) is 5.56. The summed E-state index contributed by atoms with van der Waals surface area (Å²) in [6.07, 6.45) is 1.58. The topological polar surface area (TPSA) is 38.3 Å². The molecule has 1 aliphatic heterocycles. The van der Waals surface area contributed by atoms with Crippen LogP contribution in [0.5, 0.6) is 0 Å². The predicted molar refractivity (Wildman–Crippen MR) is 61.9 cm³/mol. The number of halogens is 1. The molecular weight excluding hydrogens is 222 g/mol. The molecule has 1 fully saturated rings. The summed E-state index contributed by atoms with van der Waals surface area (Å²) in [5, 5.41) is 3.11. The summed E-state index contributed by atoms with van der Waals surface area (Å²) in [7, 11) is 0. The molecule has 5 heteroatoms. The molecule has 1 aliphatic rings. The molecule has 0 amide bonds. The van der Waals surface area contributed by atoms with Crippen molar-refractivity contribution in [1.29, 1.82) is 0 Å². The summed E-state index contributed by atoms with van der Waals surface area (Å²) in [5.41, 5.74) is 0. The fourth-order valence-electron chi connectivity index (χ4n) is 1.23. The smallest absolute Gasteiger partial charge is 0.324 e. The molecule has 1 rings (SSSR count). The van der Waals surface area contributed by atoms with Gasteiger partial charge in [-0.3, -0.25) is 10.1 Å². The van der Waals surface area contributed by atoms with Crippen LogP contribution >= 0.6 is 24.2 Å². The Morgan fingerprint density at radius 1 is 1.79 bits per heavy atom. The molecule has 0 aromatic carbocycles. The summed E-state index contributed by atoms with van der Waals surface area (Å²) in [6, 6.07) is -0.197. The number of rotatable bonds is 3. The number of hydrogen-bond acceptors (Lipinski definition) is 4. The minimum atomic E-state index is -0.197. The number of thioether (sulfide) groups is 1. The second kappa shape index (κ2) is 5.63. The number of nitrogens with one attached hydrogen (secondary N) is 1. The van der Waals surface area contributed by atoms with Gasteiger partial charge in [-0.05, 0) is 13.8 Å². The normalized spacial score (nSPS) is 23.7. The lowest BCUT2D eigenvalue weighted by Gasteiger charge is -2.23. The third kappa shape index (κ3) is 3.19. The highest BCUT2D eigenvalue weighted by Crippen LogP contribution is 2.33. The van der Waals surface area contributed by atoms with Gasteiger partial charge in [-0.2, -0.15) is 0 Å². The van der Waals surface area contributed by atoms with Gasteiger partial charge in [0.1, 0.15) is 12.6 Å². The van der Waals surface area contributed by atoms with Gasteiger partial charge in [-0.15, -0.1) is 24.2 Å². The fraction of sp³-hybridized carbons (Fsp3) is 0.667. The molecule has 82 valence electrons. The van der Waals surface area contributed by atoms with Crippen LogP contribution in [-0.4, -0.2) is 29.2 Å². The van der Waals surface area contributed by atoms with Crippen molar-refractivity contribution in [3.8, 4) is 0 Å². The lowest BCUT2D eigenvalue weighted by atomic mass is 10.0. The predicted octanol–water partition coefficient (Wildman–Crippen LogP) is 1.58. The van der Waals surface area contributed by atoms with Crippen LogP contribution in [-0.2, 0) is 9.53 Å². The second-order valence-electron chi connectivity index (χ2n) is 3.45. The molecular formula is C9H16ClNO2S. The molecule has 0 saturated carbocycles. The summed E-state index contributed by atoms with van der Waals surface area (Å²) in [6.45, 7) is 7.86. The van der Waals surface area contributed by atoms with E-state index >= 15 is 0 Å². The first-order valence-electron chi connectivity index (χ1n) is 4.23. The molecule has 14 heavy (non-hydrogen) atoms. The maximum absolute atomic E-state index is 11.5. The number of hydrogen-bond donors (Lipinski definition) is 1. The van der Waals surface area contributed by atoms with Crippen LogP contribution in [0.15, 0.2) is 12.7 Å². The molecule has 0 aromatic rings. The van der Waals surface area contributed by atoms with E-state index in [2.05, 4.69) is 11.9 Å². The minimum absolute atomic E-state index is 0. The van der Waals surface area contributed by atoms with Gasteiger partial charge in [-0.25, -0.2) is 0 Å². The molecule has 3 nitrogen and oxygen atoms in total.